The van der Waals surface area contributed by atoms with Gasteiger partial charge in [0, 0.05) is 11.5 Å². The van der Waals surface area contributed by atoms with E-state index in [2.05, 4.69) is 0 Å². The van der Waals surface area contributed by atoms with Crippen LogP contribution in [-0.2, 0) is 15.3 Å². The largest absolute Gasteiger partial charge is 0.480 e. The van der Waals surface area contributed by atoms with Crippen molar-refractivity contribution in [3.05, 3.63) is 35.9 Å². The quantitative estimate of drug-likeness (QED) is 0.904. The summed E-state index contributed by atoms with van der Waals surface area (Å²) in [6.45, 7) is 1.88. The molecule has 1 heterocycles. The Labute approximate surface area is 126 Å². The molecule has 6 heteroatoms. The minimum atomic E-state index is -0.914. The summed E-state index contributed by atoms with van der Waals surface area (Å²) in [5, 5.41) is 9.09. The van der Waals surface area contributed by atoms with E-state index in [1.54, 1.807) is 0 Å². The molecule has 1 fully saturated rings. The fraction of sp³-hybridized carbons (Fsp3) is 0.429. The van der Waals surface area contributed by atoms with E-state index in [0.717, 1.165) is 5.75 Å². The molecule has 0 saturated carbocycles. The number of nitrogens with zero attached hydrogens (tertiary/aromatic N) is 1. The first-order valence-corrected chi connectivity index (χ1v) is 8.57. The van der Waals surface area contributed by atoms with Crippen molar-refractivity contribution in [3.8, 4) is 0 Å². The highest BCUT2D eigenvalue weighted by Crippen LogP contribution is 2.29. The summed E-state index contributed by atoms with van der Waals surface area (Å²) >= 11 is 3.04. The Kier molecular flexibility index (Phi) is 5.37. The molecule has 1 aliphatic heterocycles. The Morgan fingerprint density at radius 3 is 2.75 bits per heavy atom. The van der Waals surface area contributed by atoms with E-state index in [9.17, 15) is 9.59 Å². The van der Waals surface area contributed by atoms with E-state index < -0.39 is 12.0 Å². The molecule has 4 nitrogen and oxygen atoms in total. The second kappa shape index (κ2) is 7.04. The van der Waals surface area contributed by atoms with Gasteiger partial charge < -0.3 is 10.0 Å². The molecule has 1 aromatic rings. The number of hydrogen-bond acceptors (Lipinski definition) is 4. The van der Waals surface area contributed by atoms with Crippen LogP contribution in [0.1, 0.15) is 12.5 Å². The number of aliphatic carboxylic acids is 1. The minimum absolute atomic E-state index is 0.0547. The molecular weight excluding hydrogens is 294 g/mol. The molecule has 1 saturated heterocycles. The van der Waals surface area contributed by atoms with Crippen molar-refractivity contribution in [1.29, 1.82) is 0 Å². The first-order chi connectivity index (χ1) is 9.59. The normalized spacial score (nSPS) is 21.9. The molecule has 1 aliphatic rings. The summed E-state index contributed by atoms with van der Waals surface area (Å²) < 4.78 is 0. The number of carbonyl (C=O) groups is 2. The van der Waals surface area contributed by atoms with E-state index >= 15 is 0 Å². The van der Waals surface area contributed by atoms with E-state index in [4.69, 9.17) is 5.11 Å². The molecule has 0 spiro atoms. The third kappa shape index (κ3) is 3.70. The monoisotopic (exact) mass is 311 g/mol. The Balaban J connectivity index is 1.86. The topological polar surface area (TPSA) is 57.6 Å². The van der Waals surface area contributed by atoms with Gasteiger partial charge in [0.25, 0.3) is 0 Å². The van der Waals surface area contributed by atoms with Gasteiger partial charge in [-0.1, -0.05) is 30.3 Å². The Bertz CT molecular complexity index is 481. The van der Waals surface area contributed by atoms with Gasteiger partial charge >= 0.3 is 5.97 Å². The minimum Gasteiger partial charge on any atom is -0.480 e. The van der Waals surface area contributed by atoms with Crippen molar-refractivity contribution in [1.82, 2.24) is 4.90 Å². The van der Waals surface area contributed by atoms with Gasteiger partial charge in [0.1, 0.15) is 6.04 Å². The maximum Gasteiger partial charge on any atom is 0.327 e. The molecule has 108 valence electrons. The summed E-state index contributed by atoms with van der Waals surface area (Å²) in [4.78, 5) is 24.8. The number of rotatable bonds is 5. The molecule has 0 bridgehead atoms. The number of carboxylic acid groups (broad SMARTS) is 1. The van der Waals surface area contributed by atoms with Crippen LogP contribution >= 0.6 is 23.5 Å². The second-order valence-electron chi connectivity index (χ2n) is 4.57. The predicted octanol–water partition coefficient (Wildman–Crippen LogP) is 2.29. The van der Waals surface area contributed by atoms with E-state index in [1.807, 2.05) is 37.3 Å². The van der Waals surface area contributed by atoms with E-state index in [-0.39, 0.29) is 11.3 Å². The van der Waals surface area contributed by atoms with Crippen LogP contribution < -0.4 is 0 Å². The lowest BCUT2D eigenvalue weighted by Crippen LogP contribution is -2.45. The molecule has 1 amide bonds. The average Bonchev–Trinajstić information content (AvgIpc) is 2.82. The second-order valence-corrected chi connectivity index (χ2v) is 6.90. The summed E-state index contributed by atoms with van der Waals surface area (Å²) in [7, 11) is 0. The van der Waals surface area contributed by atoms with Crippen LogP contribution in [0.5, 0.6) is 0 Å². The summed E-state index contributed by atoms with van der Waals surface area (Å²) in [6, 6.07) is 9.26. The van der Waals surface area contributed by atoms with E-state index in [0.29, 0.717) is 11.5 Å². The number of benzene rings is 1. The van der Waals surface area contributed by atoms with Crippen molar-refractivity contribution in [2.24, 2.45) is 0 Å². The first kappa shape index (κ1) is 15.3. The molecule has 2 unspecified atom stereocenters. The molecule has 1 aromatic carbocycles. The summed E-state index contributed by atoms with van der Waals surface area (Å²) in [6.07, 6.45) is 0. The zero-order valence-corrected chi connectivity index (χ0v) is 12.8. The lowest BCUT2D eigenvalue weighted by molar-refractivity contribution is -0.147. The average molecular weight is 311 g/mol. The lowest BCUT2D eigenvalue weighted by Gasteiger charge is -2.24. The van der Waals surface area contributed by atoms with Crippen LogP contribution in [0.2, 0.25) is 0 Å². The molecule has 2 atom stereocenters. The van der Waals surface area contributed by atoms with Gasteiger partial charge in [-0.3, -0.25) is 4.79 Å². The maximum absolute atomic E-state index is 12.2. The first-order valence-electron chi connectivity index (χ1n) is 6.37. The van der Waals surface area contributed by atoms with Gasteiger partial charge in [-0.15, -0.1) is 23.5 Å². The van der Waals surface area contributed by atoms with Crippen LogP contribution in [-0.4, -0.2) is 44.8 Å². The number of carbonyl (C=O) groups excluding carboxylic acids is 1. The number of thioether (sulfide) groups is 2. The SMILES string of the molecule is CC1SCC(C(=O)O)N1C(=O)CSCc1ccccc1. The molecule has 20 heavy (non-hydrogen) atoms. The third-order valence-electron chi connectivity index (χ3n) is 3.13. The Hall–Kier alpha value is -1.14. The zero-order chi connectivity index (χ0) is 14.5. The summed E-state index contributed by atoms with van der Waals surface area (Å²) in [5.74, 6) is 0.563. The molecule has 0 aromatic heterocycles. The smallest absolute Gasteiger partial charge is 0.327 e. The van der Waals surface area contributed by atoms with Crippen molar-refractivity contribution in [2.75, 3.05) is 11.5 Å². The third-order valence-corrected chi connectivity index (χ3v) is 5.34. The van der Waals surface area contributed by atoms with Gasteiger partial charge in [0.15, 0.2) is 0 Å². The van der Waals surface area contributed by atoms with Crippen molar-refractivity contribution < 1.29 is 14.7 Å². The lowest BCUT2D eigenvalue weighted by atomic mass is 10.2. The Morgan fingerprint density at radius 2 is 2.10 bits per heavy atom. The fourth-order valence-corrected chi connectivity index (χ4v) is 4.16. The molecule has 1 N–H and O–H groups in total. The van der Waals surface area contributed by atoms with Crippen molar-refractivity contribution >= 4 is 35.4 Å². The van der Waals surface area contributed by atoms with Gasteiger partial charge in [-0.25, -0.2) is 4.79 Å². The standard InChI is InChI=1S/C14H17NO3S2/c1-10-15(12(8-20-10)14(17)18)13(16)9-19-7-11-5-3-2-4-6-11/h2-6,10,12H,7-9H2,1H3,(H,17,18). The number of hydrogen-bond donors (Lipinski definition) is 1. The van der Waals surface area contributed by atoms with Crippen molar-refractivity contribution in [2.45, 2.75) is 24.1 Å². The number of amides is 1. The van der Waals surface area contributed by atoms with Crippen LogP contribution in [0.3, 0.4) is 0 Å². The highest BCUT2D eigenvalue weighted by molar-refractivity contribution is 8.00. The van der Waals surface area contributed by atoms with Crippen LogP contribution in [0.25, 0.3) is 0 Å². The van der Waals surface area contributed by atoms with E-state index in [1.165, 1.54) is 34.0 Å². The maximum atomic E-state index is 12.2. The van der Waals surface area contributed by atoms with Crippen molar-refractivity contribution in [3.63, 3.8) is 0 Å². The van der Waals surface area contributed by atoms with Gasteiger partial charge in [-0.2, -0.15) is 0 Å². The fourth-order valence-electron chi connectivity index (χ4n) is 2.12. The number of carboxylic acids is 1. The summed E-state index contributed by atoms with van der Waals surface area (Å²) in [5.41, 5.74) is 1.17. The van der Waals surface area contributed by atoms with Crippen LogP contribution in [0, 0.1) is 0 Å². The highest BCUT2D eigenvalue weighted by Gasteiger charge is 2.38. The van der Waals surface area contributed by atoms with Gasteiger partial charge in [0.2, 0.25) is 5.91 Å². The molecular formula is C14H17NO3S2. The Morgan fingerprint density at radius 1 is 1.40 bits per heavy atom. The molecule has 2 rings (SSSR count). The highest BCUT2D eigenvalue weighted by atomic mass is 32.2. The zero-order valence-electron chi connectivity index (χ0n) is 11.2. The predicted molar refractivity (Wildman–Crippen MR) is 82.8 cm³/mol. The van der Waals surface area contributed by atoms with Gasteiger partial charge in [-0.05, 0) is 12.5 Å². The van der Waals surface area contributed by atoms with Crippen LogP contribution in [0.4, 0.5) is 0 Å². The molecule has 0 aliphatic carbocycles. The molecule has 0 radical (unpaired) electrons. The van der Waals surface area contributed by atoms with Crippen LogP contribution in [0.15, 0.2) is 30.3 Å². The van der Waals surface area contributed by atoms with Gasteiger partial charge in [0.05, 0.1) is 11.1 Å².